The molecule has 2 saturated heterocycles. The van der Waals surface area contributed by atoms with Gasteiger partial charge in [0.1, 0.15) is 0 Å². The summed E-state index contributed by atoms with van der Waals surface area (Å²) in [4.78, 5) is 17.5. The third-order valence-electron chi connectivity index (χ3n) is 4.75. The van der Waals surface area contributed by atoms with Gasteiger partial charge in [0.15, 0.2) is 4.32 Å². The Hall–Kier alpha value is -2.11. The predicted molar refractivity (Wildman–Crippen MR) is 115 cm³/mol. The lowest BCUT2D eigenvalue weighted by Crippen LogP contribution is -2.27. The van der Waals surface area contributed by atoms with Gasteiger partial charge >= 0.3 is 0 Å². The summed E-state index contributed by atoms with van der Waals surface area (Å²) in [7, 11) is 0. The zero-order valence-electron chi connectivity index (χ0n) is 14.6. The highest BCUT2D eigenvalue weighted by Crippen LogP contribution is 2.36. The topological polar surface area (TPSA) is 23.6 Å². The molecule has 2 aliphatic heterocycles. The molecule has 2 heterocycles. The molecular formula is C21H20N2OS2. The van der Waals surface area contributed by atoms with Crippen molar-refractivity contribution in [3.63, 3.8) is 0 Å². The molecule has 0 N–H and O–H groups in total. The molecule has 0 bridgehead atoms. The van der Waals surface area contributed by atoms with Gasteiger partial charge in [-0.2, -0.15) is 0 Å². The van der Waals surface area contributed by atoms with Crippen LogP contribution >= 0.6 is 24.0 Å². The average molecular weight is 381 g/mol. The number of amides is 1. The van der Waals surface area contributed by atoms with Crippen LogP contribution in [-0.2, 0) is 4.79 Å². The van der Waals surface area contributed by atoms with Crippen molar-refractivity contribution < 1.29 is 4.79 Å². The van der Waals surface area contributed by atoms with Gasteiger partial charge < -0.3 is 4.90 Å². The second-order valence-electron chi connectivity index (χ2n) is 6.64. The van der Waals surface area contributed by atoms with Gasteiger partial charge in [0.25, 0.3) is 5.91 Å². The Balaban J connectivity index is 1.55. The maximum absolute atomic E-state index is 12.8. The van der Waals surface area contributed by atoms with E-state index >= 15 is 0 Å². The van der Waals surface area contributed by atoms with Crippen molar-refractivity contribution in [2.24, 2.45) is 0 Å². The van der Waals surface area contributed by atoms with Gasteiger partial charge in [-0.1, -0.05) is 53.8 Å². The summed E-state index contributed by atoms with van der Waals surface area (Å²) in [6, 6.07) is 16.3. The van der Waals surface area contributed by atoms with Gasteiger partial charge in [0.05, 0.1) is 10.6 Å². The minimum atomic E-state index is -0.0486. The fourth-order valence-corrected chi connectivity index (χ4v) is 4.59. The molecule has 132 valence electrons. The molecular weight excluding hydrogens is 360 g/mol. The molecule has 0 atom stereocenters. The quantitative estimate of drug-likeness (QED) is 0.552. The Kier molecular flexibility index (Phi) is 4.83. The average Bonchev–Trinajstić information content (AvgIpc) is 3.26. The van der Waals surface area contributed by atoms with E-state index in [2.05, 4.69) is 29.2 Å². The molecule has 4 rings (SSSR count). The van der Waals surface area contributed by atoms with Crippen molar-refractivity contribution in [1.82, 2.24) is 0 Å². The van der Waals surface area contributed by atoms with E-state index in [-0.39, 0.29) is 5.91 Å². The number of anilines is 2. The molecule has 0 spiro atoms. The number of thioether (sulfide) groups is 1. The molecule has 2 fully saturated rings. The van der Waals surface area contributed by atoms with E-state index in [9.17, 15) is 4.79 Å². The van der Waals surface area contributed by atoms with E-state index in [1.807, 2.05) is 37.3 Å². The first-order valence-electron chi connectivity index (χ1n) is 8.81. The molecule has 3 nitrogen and oxygen atoms in total. The van der Waals surface area contributed by atoms with Gasteiger partial charge in [-0.25, -0.2) is 0 Å². The summed E-state index contributed by atoms with van der Waals surface area (Å²) in [5.74, 6) is -0.0486. The fraction of sp³-hybridized carbons (Fsp3) is 0.238. The van der Waals surface area contributed by atoms with Gasteiger partial charge in [-0.3, -0.25) is 9.69 Å². The number of hydrogen-bond acceptors (Lipinski definition) is 4. The second-order valence-corrected chi connectivity index (χ2v) is 8.31. The van der Waals surface area contributed by atoms with Crippen molar-refractivity contribution in [2.75, 3.05) is 22.9 Å². The van der Waals surface area contributed by atoms with E-state index in [4.69, 9.17) is 12.2 Å². The lowest BCUT2D eigenvalue weighted by Gasteiger charge is -2.17. The van der Waals surface area contributed by atoms with Crippen molar-refractivity contribution in [2.45, 2.75) is 19.8 Å². The lowest BCUT2D eigenvalue weighted by atomic mass is 10.1. The van der Waals surface area contributed by atoms with Crippen LogP contribution in [0.15, 0.2) is 53.4 Å². The molecule has 5 heteroatoms. The monoisotopic (exact) mass is 380 g/mol. The van der Waals surface area contributed by atoms with Gasteiger partial charge in [-0.05, 0) is 55.7 Å². The molecule has 0 unspecified atom stereocenters. The summed E-state index contributed by atoms with van der Waals surface area (Å²) in [6.45, 7) is 4.29. The van der Waals surface area contributed by atoms with Crippen molar-refractivity contribution in [3.05, 3.63) is 64.6 Å². The summed E-state index contributed by atoms with van der Waals surface area (Å²) in [6.07, 6.45) is 4.47. The molecule has 0 radical (unpaired) electrons. The molecule has 0 aromatic heterocycles. The maximum Gasteiger partial charge on any atom is 0.270 e. The van der Waals surface area contributed by atoms with Crippen LogP contribution in [0.2, 0.25) is 0 Å². The number of thiocarbonyl (C=S) groups is 1. The van der Waals surface area contributed by atoms with Crippen LogP contribution in [0.5, 0.6) is 0 Å². The van der Waals surface area contributed by atoms with E-state index in [1.54, 1.807) is 4.90 Å². The summed E-state index contributed by atoms with van der Waals surface area (Å²) in [5, 5.41) is 0. The SMILES string of the molecule is Cc1ccc(N2C(=O)/C(=C/c3ccc(N4CCCC4)cc3)SC2=S)cc1. The second kappa shape index (κ2) is 7.25. The predicted octanol–water partition coefficient (Wildman–Crippen LogP) is 5.00. The van der Waals surface area contributed by atoms with Crippen LogP contribution in [-0.4, -0.2) is 23.3 Å². The normalized spacial score (nSPS) is 19.0. The summed E-state index contributed by atoms with van der Waals surface area (Å²) in [5.41, 5.74) is 4.27. The highest BCUT2D eigenvalue weighted by atomic mass is 32.2. The summed E-state index contributed by atoms with van der Waals surface area (Å²) < 4.78 is 0.582. The van der Waals surface area contributed by atoms with E-state index in [1.165, 1.54) is 30.3 Å². The number of hydrogen-bond donors (Lipinski definition) is 0. The molecule has 2 aromatic rings. The molecule has 2 aliphatic rings. The van der Waals surface area contributed by atoms with E-state index < -0.39 is 0 Å². The number of benzene rings is 2. The Morgan fingerprint density at radius 3 is 2.23 bits per heavy atom. The van der Waals surface area contributed by atoms with Crippen LogP contribution < -0.4 is 9.80 Å². The molecule has 26 heavy (non-hydrogen) atoms. The first kappa shape index (κ1) is 17.3. The van der Waals surface area contributed by atoms with E-state index in [0.29, 0.717) is 9.23 Å². The minimum absolute atomic E-state index is 0.0486. The van der Waals surface area contributed by atoms with Gasteiger partial charge in [0, 0.05) is 18.8 Å². The van der Waals surface area contributed by atoms with Crippen LogP contribution in [0.25, 0.3) is 6.08 Å². The van der Waals surface area contributed by atoms with Crippen LogP contribution in [0, 0.1) is 6.92 Å². The number of aryl methyl sites for hydroxylation is 1. The van der Waals surface area contributed by atoms with Crippen molar-refractivity contribution in [1.29, 1.82) is 0 Å². The molecule has 0 saturated carbocycles. The van der Waals surface area contributed by atoms with Gasteiger partial charge in [0.2, 0.25) is 0 Å². The zero-order chi connectivity index (χ0) is 18.1. The number of nitrogens with zero attached hydrogens (tertiary/aromatic N) is 2. The third kappa shape index (κ3) is 3.41. The largest absolute Gasteiger partial charge is 0.372 e. The first-order chi connectivity index (χ1) is 12.6. The summed E-state index contributed by atoms with van der Waals surface area (Å²) >= 11 is 6.80. The van der Waals surface area contributed by atoms with Crippen LogP contribution in [0.3, 0.4) is 0 Å². The Labute approximate surface area is 163 Å². The number of carbonyl (C=O) groups is 1. The standard InChI is InChI=1S/C21H20N2OS2/c1-15-4-8-18(9-5-15)23-20(24)19(26-21(23)25)14-16-6-10-17(11-7-16)22-12-2-3-13-22/h4-11,14H,2-3,12-13H2,1H3/b19-14-. The number of carbonyl (C=O) groups excluding carboxylic acids is 1. The van der Waals surface area contributed by atoms with Crippen LogP contribution in [0.4, 0.5) is 11.4 Å². The van der Waals surface area contributed by atoms with Crippen LogP contribution in [0.1, 0.15) is 24.0 Å². The lowest BCUT2D eigenvalue weighted by molar-refractivity contribution is -0.113. The first-order valence-corrected chi connectivity index (χ1v) is 10.0. The zero-order valence-corrected chi connectivity index (χ0v) is 16.3. The van der Waals surface area contributed by atoms with E-state index in [0.717, 1.165) is 29.9 Å². The molecule has 1 amide bonds. The smallest absolute Gasteiger partial charge is 0.270 e. The maximum atomic E-state index is 12.8. The minimum Gasteiger partial charge on any atom is -0.372 e. The van der Waals surface area contributed by atoms with Crippen molar-refractivity contribution >= 4 is 51.7 Å². The van der Waals surface area contributed by atoms with Crippen molar-refractivity contribution in [3.8, 4) is 0 Å². The Morgan fingerprint density at radius 2 is 1.58 bits per heavy atom. The fourth-order valence-electron chi connectivity index (χ4n) is 3.29. The number of rotatable bonds is 3. The third-order valence-corrected chi connectivity index (χ3v) is 6.05. The highest BCUT2D eigenvalue weighted by Gasteiger charge is 2.33. The molecule has 2 aromatic carbocycles. The highest BCUT2D eigenvalue weighted by molar-refractivity contribution is 8.27. The molecule has 0 aliphatic carbocycles. The Morgan fingerprint density at radius 1 is 0.962 bits per heavy atom. The van der Waals surface area contributed by atoms with Gasteiger partial charge in [-0.15, -0.1) is 0 Å². The Bertz CT molecular complexity index is 866.